The molecule has 1 aliphatic carbocycles. The average Bonchev–Trinajstić information content (AvgIpc) is 2.12. The second-order valence-corrected chi connectivity index (χ2v) is 5.48. The third-order valence-electron chi connectivity index (χ3n) is 2.90. The van der Waals surface area contributed by atoms with Crippen molar-refractivity contribution in [2.24, 2.45) is 5.41 Å². The molecule has 5 nitrogen and oxygen atoms in total. The molecule has 0 aromatic carbocycles. The molecule has 0 radical (unpaired) electrons. The van der Waals surface area contributed by atoms with Crippen LogP contribution in [0.1, 0.15) is 40.0 Å². The number of rotatable bonds is 3. The van der Waals surface area contributed by atoms with Crippen LogP contribution in [0.5, 0.6) is 0 Å². The van der Waals surface area contributed by atoms with Crippen LogP contribution in [0.25, 0.3) is 0 Å². The third-order valence-corrected chi connectivity index (χ3v) is 2.90. The zero-order chi connectivity index (χ0) is 13.1. The number of amides is 1. The molecule has 1 N–H and O–H groups in total. The highest BCUT2D eigenvalue weighted by atomic mass is 16.6. The van der Waals surface area contributed by atoms with Gasteiger partial charge >= 0.3 is 12.1 Å². The summed E-state index contributed by atoms with van der Waals surface area (Å²) in [5.41, 5.74) is -1.06. The molecule has 0 heterocycles. The van der Waals surface area contributed by atoms with Crippen LogP contribution >= 0.6 is 0 Å². The number of esters is 1. The number of carbonyl (C=O) groups is 2. The highest BCUT2D eigenvalue weighted by Crippen LogP contribution is 2.41. The van der Waals surface area contributed by atoms with Gasteiger partial charge in [-0.05, 0) is 33.6 Å². The van der Waals surface area contributed by atoms with Gasteiger partial charge in [0.05, 0.1) is 12.5 Å². The smallest absolute Gasteiger partial charge is 0.407 e. The zero-order valence-corrected chi connectivity index (χ0v) is 11.0. The minimum absolute atomic E-state index is 0.250. The summed E-state index contributed by atoms with van der Waals surface area (Å²) in [7, 11) is 1.37. The van der Waals surface area contributed by atoms with E-state index in [1.165, 1.54) is 7.11 Å². The van der Waals surface area contributed by atoms with Crippen molar-refractivity contribution in [2.75, 3.05) is 13.7 Å². The van der Waals surface area contributed by atoms with Gasteiger partial charge in [-0.25, -0.2) is 4.79 Å². The minimum Gasteiger partial charge on any atom is -0.469 e. The van der Waals surface area contributed by atoms with Crippen LogP contribution in [-0.4, -0.2) is 31.3 Å². The van der Waals surface area contributed by atoms with Gasteiger partial charge in [-0.3, -0.25) is 4.79 Å². The molecule has 98 valence electrons. The van der Waals surface area contributed by atoms with E-state index in [2.05, 4.69) is 5.32 Å². The number of alkyl carbamates (subject to hydrolysis) is 1. The van der Waals surface area contributed by atoms with Crippen molar-refractivity contribution in [3.63, 3.8) is 0 Å². The second kappa shape index (κ2) is 4.94. The Hall–Kier alpha value is -1.26. The van der Waals surface area contributed by atoms with Crippen molar-refractivity contribution >= 4 is 12.1 Å². The number of carbonyl (C=O) groups excluding carboxylic acids is 2. The van der Waals surface area contributed by atoms with Gasteiger partial charge < -0.3 is 14.8 Å². The first-order valence-electron chi connectivity index (χ1n) is 5.84. The van der Waals surface area contributed by atoms with Gasteiger partial charge in [0.25, 0.3) is 0 Å². The highest BCUT2D eigenvalue weighted by Gasteiger charge is 2.45. The molecule has 0 aliphatic heterocycles. The van der Waals surface area contributed by atoms with Crippen molar-refractivity contribution in [1.82, 2.24) is 5.32 Å². The van der Waals surface area contributed by atoms with E-state index in [9.17, 15) is 9.59 Å². The maximum Gasteiger partial charge on any atom is 0.407 e. The molecule has 17 heavy (non-hydrogen) atoms. The van der Waals surface area contributed by atoms with Crippen molar-refractivity contribution in [3.8, 4) is 0 Å². The summed E-state index contributed by atoms with van der Waals surface area (Å²) in [5, 5.41) is 2.64. The summed E-state index contributed by atoms with van der Waals surface area (Å²) in [6.07, 6.45) is 2.02. The quantitative estimate of drug-likeness (QED) is 0.768. The normalized spacial score (nSPS) is 17.9. The van der Waals surface area contributed by atoms with E-state index < -0.39 is 17.1 Å². The number of ether oxygens (including phenoxy) is 2. The lowest BCUT2D eigenvalue weighted by Gasteiger charge is -2.38. The minimum atomic E-state index is -0.536. The SMILES string of the molecule is COC(=O)C1(CNC(=O)OC(C)(C)C)CCC1. The molecule has 5 heteroatoms. The Kier molecular flexibility index (Phi) is 4.01. The van der Waals surface area contributed by atoms with Gasteiger partial charge in [0.15, 0.2) is 0 Å². The third kappa shape index (κ3) is 3.61. The van der Waals surface area contributed by atoms with Crippen molar-refractivity contribution in [2.45, 2.75) is 45.6 Å². The fourth-order valence-electron chi connectivity index (χ4n) is 1.83. The number of nitrogens with one attached hydrogen (secondary N) is 1. The molecule has 1 aliphatic rings. The summed E-state index contributed by atoms with van der Waals surface area (Å²) in [6.45, 7) is 5.68. The molecule has 0 atom stereocenters. The van der Waals surface area contributed by atoms with E-state index in [1.54, 1.807) is 20.8 Å². The molecule has 0 aromatic heterocycles. The second-order valence-electron chi connectivity index (χ2n) is 5.48. The molecule has 1 amide bonds. The Morgan fingerprint density at radius 1 is 1.29 bits per heavy atom. The zero-order valence-electron chi connectivity index (χ0n) is 11.0. The Balaban J connectivity index is 2.44. The van der Waals surface area contributed by atoms with Gasteiger partial charge in [-0.2, -0.15) is 0 Å². The molecule has 0 unspecified atom stereocenters. The van der Waals surface area contributed by atoms with E-state index in [0.717, 1.165) is 19.3 Å². The van der Waals surface area contributed by atoms with E-state index in [1.807, 2.05) is 0 Å². The van der Waals surface area contributed by atoms with Crippen LogP contribution in [0.15, 0.2) is 0 Å². The van der Waals surface area contributed by atoms with Crippen LogP contribution in [0.4, 0.5) is 4.79 Å². The first kappa shape index (κ1) is 13.8. The number of methoxy groups -OCH3 is 1. The maximum absolute atomic E-state index is 11.6. The molecule has 0 saturated heterocycles. The molecule has 1 saturated carbocycles. The van der Waals surface area contributed by atoms with Crippen LogP contribution in [0, 0.1) is 5.41 Å². The Bertz CT molecular complexity index is 302. The maximum atomic E-state index is 11.6. The van der Waals surface area contributed by atoms with Crippen molar-refractivity contribution in [3.05, 3.63) is 0 Å². The molecular formula is C12H21NO4. The number of hydrogen-bond acceptors (Lipinski definition) is 4. The predicted molar refractivity (Wildman–Crippen MR) is 62.5 cm³/mol. The lowest BCUT2D eigenvalue weighted by atomic mass is 9.69. The monoisotopic (exact) mass is 243 g/mol. The molecular weight excluding hydrogens is 222 g/mol. The summed E-state index contributed by atoms with van der Waals surface area (Å²) >= 11 is 0. The predicted octanol–water partition coefficient (Wildman–Crippen LogP) is 1.85. The fraction of sp³-hybridized carbons (Fsp3) is 0.833. The highest BCUT2D eigenvalue weighted by molar-refractivity contribution is 5.79. The molecule has 0 bridgehead atoms. The van der Waals surface area contributed by atoms with Crippen LogP contribution in [0.3, 0.4) is 0 Å². The van der Waals surface area contributed by atoms with Gasteiger partial charge in [0, 0.05) is 6.54 Å². The first-order chi connectivity index (χ1) is 7.79. The van der Waals surface area contributed by atoms with Crippen molar-refractivity contribution in [1.29, 1.82) is 0 Å². The standard InChI is InChI=1S/C12H21NO4/c1-11(2,3)17-10(15)13-8-12(6-5-7-12)9(14)16-4/h5-8H2,1-4H3,(H,13,15). The Morgan fingerprint density at radius 2 is 1.88 bits per heavy atom. The number of hydrogen-bond donors (Lipinski definition) is 1. The molecule has 0 aromatic rings. The average molecular weight is 243 g/mol. The van der Waals surface area contributed by atoms with E-state index in [0.29, 0.717) is 0 Å². The van der Waals surface area contributed by atoms with E-state index in [-0.39, 0.29) is 12.5 Å². The van der Waals surface area contributed by atoms with Crippen LogP contribution < -0.4 is 5.32 Å². The lowest BCUT2D eigenvalue weighted by Crippen LogP contribution is -2.49. The summed E-state index contributed by atoms with van der Waals surface area (Å²) in [6, 6.07) is 0. The van der Waals surface area contributed by atoms with Gasteiger partial charge in [0.2, 0.25) is 0 Å². The van der Waals surface area contributed by atoms with E-state index >= 15 is 0 Å². The summed E-state index contributed by atoms with van der Waals surface area (Å²) in [4.78, 5) is 23.1. The molecule has 1 rings (SSSR count). The fourth-order valence-corrected chi connectivity index (χ4v) is 1.83. The van der Waals surface area contributed by atoms with Gasteiger partial charge in [-0.1, -0.05) is 6.42 Å². The molecule has 1 fully saturated rings. The van der Waals surface area contributed by atoms with Crippen molar-refractivity contribution < 1.29 is 19.1 Å². The first-order valence-corrected chi connectivity index (χ1v) is 5.84. The van der Waals surface area contributed by atoms with Gasteiger partial charge in [0.1, 0.15) is 5.60 Å². The summed E-state index contributed by atoms with van der Waals surface area (Å²) in [5.74, 6) is -0.250. The van der Waals surface area contributed by atoms with Crippen LogP contribution in [-0.2, 0) is 14.3 Å². The Morgan fingerprint density at radius 3 is 2.24 bits per heavy atom. The Labute approximate surface area is 102 Å². The molecule has 0 spiro atoms. The van der Waals surface area contributed by atoms with E-state index in [4.69, 9.17) is 9.47 Å². The summed E-state index contributed by atoms with van der Waals surface area (Å²) < 4.78 is 9.87. The largest absolute Gasteiger partial charge is 0.469 e. The lowest BCUT2D eigenvalue weighted by molar-refractivity contribution is -0.157. The van der Waals surface area contributed by atoms with Gasteiger partial charge in [-0.15, -0.1) is 0 Å². The van der Waals surface area contributed by atoms with Crippen LogP contribution in [0.2, 0.25) is 0 Å². The topological polar surface area (TPSA) is 64.6 Å².